The van der Waals surface area contributed by atoms with Crippen LogP contribution in [0.1, 0.15) is 41.3 Å². The van der Waals surface area contributed by atoms with Gasteiger partial charge in [0.15, 0.2) is 0 Å². The molecule has 0 spiro atoms. The van der Waals surface area contributed by atoms with Crippen LogP contribution < -0.4 is 0 Å². The van der Waals surface area contributed by atoms with Crippen LogP contribution in [0, 0.1) is 6.92 Å². The largest absolute Gasteiger partial charge is 0.478 e. The standard InChI is InChI=1S/C17H18O2/c1-11(2)13-5-7-14(8-6-13)15-9-4-12(3)10-16(15)17(18)19/h4-11H,1-3H3,(H,18,19). The molecule has 98 valence electrons. The van der Waals surface area contributed by atoms with Gasteiger partial charge in [-0.25, -0.2) is 4.79 Å². The molecule has 1 N–H and O–H groups in total. The Bertz CT molecular complexity index is 595. The fraction of sp³-hybridized carbons (Fsp3) is 0.235. The molecule has 0 aliphatic carbocycles. The number of carbonyl (C=O) groups is 1. The summed E-state index contributed by atoms with van der Waals surface area (Å²) in [7, 11) is 0. The molecule has 2 aromatic rings. The van der Waals surface area contributed by atoms with E-state index in [2.05, 4.69) is 26.0 Å². The third-order valence-corrected chi connectivity index (χ3v) is 3.29. The van der Waals surface area contributed by atoms with E-state index < -0.39 is 5.97 Å². The van der Waals surface area contributed by atoms with Crippen molar-refractivity contribution in [1.82, 2.24) is 0 Å². The highest BCUT2D eigenvalue weighted by molar-refractivity contribution is 5.96. The van der Waals surface area contributed by atoms with E-state index in [-0.39, 0.29) is 0 Å². The van der Waals surface area contributed by atoms with Crippen LogP contribution in [0.2, 0.25) is 0 Å². The predicted octanol–water partition coefficient (Wildman–Crippen LogP) is 4.48. The van der Waals surface area contributed by atoms with Crippen molar-refractivity contribution in [2.45, 2.75) is 26.7 Å². The number of carboxylic acids is 1. The number of hydrogen-bond acceptors (Lipinski definition) is 1. The number of rotatable bonds is 3. The summed E-state index contributed by atoms with van der Waals surface area (Å²) in [5.41, 5.74) is 4.29. The van der Waals surface area contributed by atoms with Gasteiger partial charge in [0.2, 0.25) is 0 Å². The van der Waals surface area contributed by atoms with Gasteiger partial charge in [0.25, 0.3) is 0 Å². The lowest BCUT2D eigenvalue weighted by atomic mass is 9.95. The van der Waals surface area contributed by atoms with Crippen LogP contribution in [0.5, 0.6) is 0 Å². The molecule has 2 heteroatoms. The molecule has 0 aromatic heterocycles. The highest BCUT2D eigenvalue weighted by Crippen LogP contribution is 2.26. The molecule has 2 rings (SSSR count). The van der Waals surface area contributed by atoms with Gasteiger partial charge in [0, 0.05) is 0 Å². The summed E-state index contributed by atoms with van der Waals surface area (Å²) in [5.74, 6) is -0.405. The molecule has 0 heterocycles. The molecule has 0 aliphatic rings. The Morgan fingerprint density at radius 1 is 1.05 bits per heavy atom. The number of aryl methyl sites for hydroxylation is 1. The van der Waals surface area contributed by atoms with Crippen LogP contribution in [0.4, 0.5) is 0 Å². The summed E-state index contributed by atoms with van der Waals surface area (Å²) in [6.07, 6.45) is 0. The molecule has 2 aromatic carbocycles. The molecule has 0 aliphatic heterocycles. The van der Waals surface area contributed by atoms with Crippen molar-refractivity contribution >= 4 is 5.97 Å². The quantitative estimate of drug-likeness (QED) is 0.876. The normalized spacial score (nSPS) is 10.7. The number of carboxylic acid groups (broad SMARTS) is 1. The van der Waals surface area contributed by atoms with Gasteiger partial charge in [-0.2, -0.15) is 0 Å². The monoisotopic (exact) mass is 254 g/mol. The minimum absolute atomic E-state index is 0.359. The first kappa shape index (κ1) is 13.3. The zero-order valence-corrected chi connectivity index (χ0v) is 11.5. The third kappa shape index (κ3) is 2.84. The van der Waals surface area contributed by atoms with Gasteiger partial charge in [0.1, 0.15) is 0 Å². The van der Waals surface area contributed by atoms with Crippen molar-refractivity contribution in [3.63, 3.8) is 0 Å². The lowest BCUT2D eigenvalue weighted by molar-refractivity contribution is 0.0697. The van der Waals surface area contributed by atoms with Crippen molar-refractivity contribution in [3.8, 4) is 11.1 Å². The van der Waals surface area contributed by atoms with E-state index in [0.29, 0.717) is 11.5 Å². The molecule has 2 nitrogen and oxygen atoms in total. The second-order valence-electron chi connectivity index (χ2n) is 5.13. The summed E-state index contributed by atoms with van der Waals surface area (Å²) in [6, 6.07) is 13.6. The van der Waals surface area contributed by atoms with E-state index >= 15 is 0 Å². The van der Waals surface area contributed by atoms with Gasteiger partial charge in [0.05, 0.1) is 5.56 Å². The summed E-state index contributed by atoms with van der Waals surface area (Å²) in [5, 5.41) is 9.29. The minimum atomic E-state index is -0.883. The van der Waals surface area contributed by atoms with E-state index in [1.165, 1.54) is 5.56 Å². The van der Waals surface area contributed by atoms with E-state index in [9.17, 15) is 9.90 Å². The zero-order chi connectivity index (χ0) is 14.0. The Hall–Kier alpha value is -2.09. The molecule has 0 bridgehead atoms. The maximum absolute atomic E-state index is 11.3. The van der Waals surface area contributed by atoms with Gasteiger partial charge < -0.3 is 5.11 Å². The molecule has 0 saturated carbocycles. The number of benzene rings is 2. The Morgan fingerprint density at radius 3 is 2.21 bits per heavy atom. The molecule has 0 saturated heterocycles. The molecular weight excluding hydrogens is 236 g/mol. The van der Waals surface area contributed by atoms with E-state index in [1.54, 1.807) is 6.07 Å². The van der Waals surface area contributed by atoms with Crippen molar-refractivity contribution in [2.75, 3.05) is 0 Å². The average molecular weight is 254 g/mol. The maximum Gasteiger partial charge on any atom is 0.336 e. The van der Waals surface area contributed by atoms with Crippen LogP contribution in [-0.2, 0) is 0 Å². The highest BCUT2D eigenvalue weighted by Gasteiger charge is 2.12. The molecule has 0 atom stereocenters. The summed E-state index contributed by atoms with van der Waals surface area (Å²) >= 11 is 0. The minimum Gasteiger partial charge on any atom is -0.478 e. The molecule has 0 radical (unpaired) electrons. The average Bonchev–Trinajstić information content (AvgIpc) is 2.38. The van der Waals surface area contributed by atoms with Gasteiger partial charge in [-0.1, -0.05) is 55.8 Å². The first-order valence-electron chi connectivity index (χ1n) is 6.43. The van der Waals surface area contributed by atoms with Gasteiger partial charge in [-0.15, -0.1) is 0 Å². The molecule has 19 heavy (non-hydrogen) atoms. The van der Waals surface area contributed by atoms with E-state index in [4.69, 9.17) is 0 Å². The van der Waals surface area contributed by atoms with Crippen LogP contribution in [0.15, 0.2) is 42.5 Å². The molecular formula is C17H18O2. The zero-order valence-electron chi connectivity index (χ0n) is 11.5. The van der Waals surface area contributed by atoms with Crippen LogP contribution in [-0.4, -0.2) is 11.1 Å². The lowest BCUT2D eigenvalue weighted by Crippen LogP contribution is -2.00. The molecule has 0 fully saturated rings. The van der Waals surface area contributed by atoms with Crippen LogP contribution in [0.25, 0.3) is 11.1 Å². The topological polar surface area (TPSA) is 37.3 Å². The highest BCUT2D eigenvalue weighted by atomic mass is 16.4. The van der Waals surface area contributed by atoms with Crippen molar-refractivity contribution < 1.29 is 9.90 Å². The summed E-state index contributed by atoms with van der Waals surface area (Å²) in [6.45, 7) is 6.19. The van der Waals surface area contributed by atoms with Crippen molar-refractivity contribution in [1.29, 1.82) is 0 Å². The van der Waals surface area contributed by atoms with E-state index in [1.807, 2.05) is 31.2 Å². The van der Waals surface area contributed by atoms with Crippen LogP contribution in [0.3, 0.4) is 0 Å². The van der Waals surface area contributed by atoms with Crippen LogP contribution >= 0.6 is 0 Å². The Balaban J connectivity index is 2.49. The van der Waals surface area contributed by atoms with Crippen molar-refractivity contribution in [3.05, 3.63) is 59.2 Å². The van der Waals surface area contributed by atoms with E-state index in [0.717, 1.165) is 16.7 Å². The smallest absolute Gasteiger partial charge is 0.336 e. The van der Waals surface area contributed by atoms with Gasteiger partial charge >= 0.3 is 5.97 Å². The fourth-order valence-electron chi connectivity index (χ4n) is 2.13. The predicted molar refractivity (Wildman–Crippen MR) is 77.7 cm³/mol. The number of aromatic carboxylic acids is 1. The summed E-state index contributed by atoms with van der Waals surface area (Å²) < 4.78 is 0. The molecule has 0 unspecified atom stereocenters. The fourth-order valence-corrected chi connectivity index (χ4v) is 2.13. The Labute approximate surface area is 113 Å². The summed E-state index contributed by atoms with van der Waals surface area (Å²) in [4.78, 5) is 11.3. The first-order chi connectivity index (χ1) is 8.99. The Morgan fingerprint density at radius 2 is 1.68 bits per heavy atom. The first-order valence-corrected chi connectivity index (χ1v) is 6.43. The van der Waals surface area contributed by atoms with Gasteiger partial charge in [-0.3, -0.25) is 0 Å². The SMILES string of the molecule is Cc1ccc(-c2ccc(C(C)C)cc2)c(C(=O)O)c1. The van der Waals surface area contributed by atoms with Crippen molar-refractivity contribution in [2.24, 2.45) is 0 Å². The number of hydrogen-bond donors (Lipinski definition) is 1. The second kappa shape index (κ2) is 5.27. The Kier molecular flexibility index (Phi) is 3.70. The second-order valence-corrected chi connectivity index (χ2v) is 5.13. The third-order valence-electron chi connectivity index (χ3n) is 3.29. The lowest BCUT2D eigenvalue weighted by Gasteiger charge is -2.10. The van der Waals surface area contributed by atoms with Gasteiger partial charge in [-0.05, 0) is 35.6 Å². The molecule has 0 amide bonds. The maximum atomic E-state index is 11.3.